The molecule has 1 aromatic carbocycles. The highest BCUT2D eigenvalue weighted by Crippen LogP contribution is 2.20. The summed E-state index contributed by atoms with van der Waals surface area (Å²) >= 11 is 6.23. The van der Waals surface area contributed by atoms with E-state index in [0.717, 1.165) is 37.3 Å². The van der Waals surface area contributed by atoms with Crippen LogP contribution in [-0.4, -0.2) is 44.6 Å². The lowest BCUT2D eigenvalue weighted by Crippen LogP contribution is -2.27. The first-order valence-corrected chi connectivity index (χ1v) is 10.2. The molecule has 2 aromatic heterocycles. The molecule has 7 nitrogen and oxygen atoms in total. The summed E-state index contributed by atoms with van der Waals surface area (Å²) in [4.78, 5) is 31.5. The van der Waals surface area contributed by atoms with E-state index in [9.17, 15) is 9.59 Å². The predicted octanol–water partition coefficient (Wildman–Crippen LogP) is 4.03. The third-order valence-electron chi connectivity index (χ3n) is 5.06. The Bertz CT molecular complexity index is 1100. The molecule has 0 radical (unpaired) electrons. The quantitative estimate of drug-likeness (QED) is 0.687. The highest BCUT2D eigenvalue weighted by atomic mass is 35.5. The van der Waals surface area contributed by atoms with Gasteiger partial charge in [0.2, 0.25) is 0 Å². The summed E-state index contributed by atoms with van der Waals surface area (Å²) in [5.74, 6) is 0.108. The van der Waals surface area contributed by atoms with Gasteiger partial charge >= 0.3 is 0 Å². The smallest absolute Gasteiger partial charge is 0.275 e. The molecule has 3 aromatic rings. The van der Waals surface area contributed by atoms with Crippen LogP contribution in [0.1, 0.15) is 45.1 Å². The molecule has 154 valence electrons. The minimum Gasteiger partial charge on any atom is -0.339 e. The van der Waals surface area contributed by atoms with Crippen molar-refractivity contribution in [2.75, 3.05) is 18.4 Å². The van der Waals surface area contributed by atoms with E-state index in [1.54, 1.807) is 41.1 Å². The van der Waals surface area contributed by atoms with E-state index < -0.39 is 5.91 Å². The van der Waals surface area contributed by atoms with Gasteiger partial charge in [0.1, 0.15) is 5.69 Å². The molecule has 4 rings (SSSR count). The maximum Gasteiger partial charge on any atom is 0.275 e. The van der Waals surface area contributed by atoms with Gasteiger partial charge in [0.15, 0.2) is 5.82 Å². The SMILES string of the molecule is Cc1cc(C)n(-c2ccc(Cl)c(C(=O)Nc3ccc(C(=O)N4CCCC4)cc3)n2)n1. The molecule has 1 N–H and O–H groups in total. The lowest BCUT2D eigenvalue weighted by atomic mass is 10.2. The molecule has 0 spiro atoms. The van der Waals surface area contributed by atoms with Gasteiger partial charge in [0, 0.05) is 30.0 Å². The van der Waals surface area contributed by atoms with Gasteiger partial charge in [0.25, 0.3) is 11.8 Å². The monoisotopic (exact) mass is 423 g/mol. The van der Waals surface area contributed by atoms with Crippen molar-refractivity contribution in [1.29, 1.82) is 0 Å². The van der Waals surface area contributed by atoms with Crippen LogP contribution < -0.4 is 5.32 Å². The van der Waals surface area contributed by atoms with E-state index in [-0.39, 0.29) is 16.6 Å². The van der Waals surface area contributed by atoms with Crippen molar-refractivity contribution in [3.63, 3.8) is 0 Å². The molecule has 0 bridgehead atoms. The van der Waals surface area contributed by atoms with Crippen LogP contribution in [-0.2, 0) is 0 Å². The third kappa shape index (κ3) is 4.07. The van der Waals surface area contributed by atoms with Gasteiger partial charge < -0.3 is 10.2 Å². The molecule has 1 saturated heterocycles. The van der Waals surface area contributed by atoms with Gasteiger partial charge in [-0.15, -0.1) is 0 Å². The Kier molecular flexibility index (Phi) is 5.55. The molecule has 2 amide bonds. The zero-order valence-electron chi connectivity index (χ0n) is 16.9. The van der Waals surface area contributed by atoms with E-state index in [2.05, 4.69) is 15.4 Å². The number of anilines is 1. The zero-order valence-corrected chi connectivity index (χ0v) is 17.6. The number of aromatic nitrogens is 3. The highest BCUT2D eigenvalue weighted by Gasteiger charge is 2.20. The Morgan fingerprint density at radius 3 is 2.37 bits per heavy atom. The number of carbonyl (C=O) groups excluding carboxylic acids is 2. The van der Waals surface area contributed by atoms with Gasteiger partial charge in [-0.2, -0.15) is 5.10 Å². The van der Waals surface area contributed by atoms with Crippen molar-refractivity contribution in [2.45, 2.75) is 26.7 Å². The second-order valence-electron chi connectivity index (χ2n) is 7.37. The van der Waals surface area contributed by atoms with Crippen LogP contribution in [0.2, 0.25) is 5.02 Å². The summed E-state index contributed by atoms with van der Waals surface area (Å²) in [6, 6.07) is 12.1. The summed E-state index contributed by atoms with van der Waals surface area (Å²) in [6.07, 6.45) is 2.09. The molecule has 0 aliphatic carbocycles. The standard InChI is InChI=1S/C22H22ClN5O2/c1-14-13-15(2)28(26-14)19-10-9-18(23)20(25-19)21(29)24-17-7-5-16(6-8-17)22(30)27-11-3-4-12-27/h5-10,13H,3-4,11-12H2,1-2H3,(H,24,29). The first kappa shape index (κ1) is 20.1. The van der Waals surface area contributed by atoms with Crippen LogP contribution in [0.4, 0.5) is 5.69 Å². The fraction of sp³-hybridized carbons (Fsp3) is 0.273. The molecule has 30 heavy (non-hydrogen) atoms. The average molecular weight is 424 g/mol. The van der Waals surface area contributed by atoms with Gasteiger partial charge in [-0.25, -0.2) is 9.67 Å². The molecule has 1 aliphatic heterocycles. The Morgan fingerprint density at radius 2 is 1.73 bits per heavy atom. The second-order valence-corrected chi connectivity index (χ2v) is 7.78. The normalized spacial score (nSPS) is 13.5. The summed E-state index contributed by atoms with van der Waals surface area (Å²) < 4.78 is 1.67. The van der Waals surface area contributed by atoms with Crippen LogP contribution >= 0.6 is 11.6 Å². The predicted molar refractivity (Wildman–Crippen MR) is 115 cm³/mol. The Morgan fingerprint density at radius 1 is 1.03 bits per heavy atom. The van der Waals surface area contributed by atoms with Gasteiger partial charge in [-0.3, -0.25) is 9.59 Å². The molecule has 1 aliphatic rings. The molecule has 0 unspecified atom stereocenters. The third-order valence-corrected chi connectivity index (χ3v) is 5.36. The van der Waals surface area contributed by atoms with E-state index in [1.165, 1.54) is 0 Å². The number of nitrogens with zero attached hydrogens (tertiary/aromatic N) is 4. The first-order valence-electron chi connectivity index (χ1n) is 9.83. The number of aryl methyl sites for hydroxylation is 2. The summed E-state index contributed by atoms with van der Waals surface area (Å²) in [7, 11) is 0. The van der Waals surface area contributed by atoms with E-state index in [1.807, 2.05) is 24.8 Å². The largest absolute Gasteiger partial charge is 0.339 e. The van der Waals surface area contributed by atoms with Gasteiger partial charge in [-0.1, -0.05) is 11.6 Å². The average Bonchev–Trinajstić information content (AvgIpc) is 3.38. The number of hydrogen-bond donors (Lipinski definition) is 1. The Hall–Kier alpha value is -3.19. The number of pyridine rings is 1. The molecule has 0 saturated carbocycles. The fourth-order valence-corrected chi connectivity index (χ4v) is 3.75. The molecule has 0 atom stereocenters. The van der Waals surface area contributed by atoms with Crippen LogP contribution in [0.25, 0.3) is 5.82 Å². The van der Waals surface area contributed by atoms with Crippen LogP contribution in [0.5, 0.6) is 0 Å². The van der Waals surface area contributed by atoms with Gasteiger partial charge in [-0.05, 0) is 69.2 Å². The fourth-order valence-electron chi connectivity index (χ4n) is 3.56. The van der Waals surface area contributed by atoms with Crippen molar-refractivity contribution < 1.29 is 9.59 Å². The topological polar surface area (TPSA) is 80.1 Å². The van der Waals surface area contributed by atoms with Crippen molar-refractivity contribution in [2.24, 2.45) is 0 Å². The van der Waals surface area contributed by atoms with E-state index in [0.29, 0.717) is 17.1 Å². The van der Waals surface area contributed by atoms with Crippen LogP contribution in [0, 0.1) is 13.8 Å². The first-order chi connectivity index (χ1) is 14.4. The van der Waals surface area contributed by atoms with E-state index in [4.69, 9.17) is 11.6 Å². The Labute approximate surface area is 179 Å². The second kappa shape index (κ2) is 8.28. The van der Waals surface area contributed by atoms with Crippen LogP contribution in [0.15, 0.2) is 42.5 Å². The number of amides is 2. The molecule has 8 heteroatoms. The lowest BCUT2D eigenvalue weighted by molar-refractivity contribution is 0.0792. The number of hydrogen-bond acceptors (Lipinski definition) is 4. The van der Waals surface area contributed by atoms with E-state index >= 15 is 0 Å². The van der Waals surface area contributed by atoms with Crippen LogP contribution in [0.3, 0.4) is 0 Å². The number of rotatable bonds is 4. The highest BCUT2D eigenvalue weighted by molar-refractivity contribution is 6.34. The van der Waals surface area contributed by atoms with Crippen molar-refractivity contribution in [3.8, 4) is 5.82 Å². The Balaban J connectivity index is 1.51. The number of nitrogens with one attached hydrogen (secondary N) is 1. The molecule has 1 fully saturated rings. The van der Waals surface area contributed by atoms with Crippen molar-refractivity contribution in [3.05, 3.63) is 70.1 Å². The van der Waals surface area contributed by atoms with Crippen molar-refractivity contribution in [1.82, 2.24) is 19.7 Å². The summed E-state index contributed by atoms with van der Waals surface area (Å²) in [5, 5.41) is 7.44. The maximum absolute atomic E-state index is 12.8. The summed E-state index contributed by atoms with van der Waals surface area (Å²) in [6.45, 7) is 5.41. The zero-order chi connectivity index (χ0) is 21.3. The molecular formula is C22H22ClN5O2. The number of benzene rings is 1. The number of likely N-dealkylation sites (tertiary alicyclic amines) is 1. The number of halogens is 1. The number of carbonyl (C=O) groups is 2. The molecule has 3 heterocycles. The molecular weight excluding hydrogens is 402 g/mol. The summed E-state index contributed by atoms with van der Waals surface area (Å²) in [5.41, 5.74) is 3.05. The van der Waals surface area contributed by atoms with Crippen molar-refractivity contribution >= 4 is 29.1 Å². The lowest BCUT2D eigenvalue weighted by Gasteiger charge is -2.15. The minimum atomic E-state index is -0.429. The minimum absolute atomic E-state index is 0.0210. The van der Waals surface area contributed by atoms with Gasteiger partial charge in [0.05, 0.1) is 10.7 Å². The maximum atomic E-state index is 12.8.